The zero-order valence-electron chi connectivity index (χ0n) is 15.6. The lowest BCUT2D eigenvalue weighted by Crippen LogP contribution is -2.40. The maximum absolute atomic E-state index is 5.90. The fraction of sp³-hybridized carbons (Fsp3) is 0.833. The van der Waals surface area contributed by atoms with Crippen LogP contribution in [0.5, 0.6) is 0 Å². The number of methoxy groups -OCH3 is 1. The van der Waals surface area contributed by atoms with E-state index < -0.39 is 8.07 Å². The van der Waals surface area contributed by atoms with Gasteiger partial charge in [-0.2, -0.15) is 0 Å². The summed E-state index contributed by atoms with van der Waals surface area (Å²) in [6.07, 6.45) is 6.29. The number of hydrogen-bond acceptors (Lipinski definition) is 2. The quantitative estimate of drug-likeness (QED) is 0.169. The first-order chi connectivity index (χ1) is 9.66. The summed E-state index contributed by atoms with van der Waals surface area (Å²) < 4.78 is 11.0. The first kappa shape index (κ1) is 20.5. The molecule has 0 amide bonds. The molecule has 0 radical (unpaired) electrons. The van der Waals surface area contributed by atoms with Crippen LogP contribution in [0.2, 0.25) is 18.1 Å². The summed E-state index contributed by atoms with van der Waals surface area (Å²) in [4.78, 5) is 0. The summed E-state index contributed by atoms with van der Waals surface area (Å²) in [6, 6.07) is 0. The third-order valence-corrected chi connectivity index (χ3v) is 9.65. The lowest BCUT2D eigenvalue weighted by molar-refractivity contribution is 0.0127. The van der Waals surface area contributed by atoms with E-state index in [2.05, 4.69) is 53.4 Å². The SMILES string of the molecule is CCCCCCC(C)=C=C(OCOC)[Si](C)(C)C(C)(C)C. The molecular formula is C18H36O2Si. The van der Waals surface area contributed by atoms with E-state index in [0.29, 0.717) is 6.79 Å². The van der Waals surface area contributed by atoms with E-state index in [4.69, 9.17) is 9.47 Å². The van der Waals surface area contributed by atoms with E-state index in [1.165, 1.54) is 31.3 Å². The zero-order chi connectivity index (χ0) is 16.5. The van der Waals surface area contributed by atoms with Gasteiger partial charge in [-0.25, -0.2) is 0 Å². The predicted molar refractivity (Wildman–Crippen MR) is 95.1 cm³/mol. The van der Waals surface area contributed by atoms with Gasteiger partial charge in [-0.15, -0.1) is 0 Å². The third kappa shape index (κ3) is 7.35. The van der Waals surface area contributed by atoms with Crippen molar-refractivity contribution in [1.82, 2.24) is 0 Å². The highest BCUT2D eigenvalue weighted by atomic mass is 28.3. The molecule has 0 aromatic heterocycles. The van der Waals surface area contributed by atoms with Crippen molar-refractivity contribution in [2.24, 2.45) is 0 Å². The van der Waals surface area contributed by atoms with Gasteiger partial charge in [0.25, 0.3) is 0 Å². The molecule has 0 spiro atoms. The van der Waals surface area contributed by atoms with Crippen LogP contribution in [0.4, 0.5) is 0 Å². The highest BCUT2D eigenvalue weighted by Crippen LogP contribution is 2.40. The molecule has 0 bridgehead atoms. The van der Waals surface area contributed by atoms with Gasteiger partial charge in [0, 0.05) is 7.11 Å². The predicted octanol–water partition coefficient (Wildman–Crippen LogP) is 6.05. The van der Waals surface area contributed by atoms with Crippen LogP contribution in [-0.2, 0) is 9.47 Å². The summed E-state index contributed by atoms with van der Waals surface area (Å²) >= 11 is 0. The Morgan fingerprint density at radius 2 is 1.71 bits per heavy atom. The van der Waals surface area contributed by atoms with Crippen molar-refractivity contribution in [3.05, 3.63) is 16.7 Å². The van der Waals surface area contributed by atoms with Crippen LogP contribution in [0.3, 0.4) is 0 Å². The Morgan fingerprint density at radius 1 is 1.10 bits per heavy atom. The molecule has 21 heavy (non-hydrogen) atoms. The molecule has 0 saturated heterocycles. The lowest BCUT2D eigenvalue weighted by Gasteiger charge is -2.36. The first-order valence-corrected chi connectivity index (χ1v) is 11.3. The van der Waals surface area contributed by atoms with Gasteiger partial charge >= 0.3 is 0 Å². The Hall–Kier alpha value is -0.503. The monoisotopic (exact) mass is 312 g/mol. The van der Waals surface area contributed by atoms with E-state index in [0.717, 1.165) is 11.8 Å². The van der Waals surface area contributed by atoms with E-state index in [-0.39, 0.29) is 5.04 Å². The van der Waals surface area contributed by atoms with Gasteiger partial charge in [0.15, 0.2) is 6.79 Å². The van der Waals surface area contributed by atoms with Crippen molar-refractivity contribution < 1.29 is 9.47 Å². The number of allylic oxidation sites excluding steroid dienone is 1. The fourth-order valence-corrected chi connectivity index (χ4v) is 3.53. The standard InChI is InChI=1S/C18H36O2Si/c1-9-10-11-12-13-16(2)14-17(20-15-19-6)21(7,8)18(3,4)5/h9-13,15H2,1-8H3. The normalized spacial score (nSPS) is 12.0. The maximum Gasteiger partial charge on any atom is 0.188 e. The topological polar surface area (TPSA) is 18.5 Å². The zero-order valence-corrected chi connectivity index (χ0v) is 16.6. The Morgan fingerprint density at radius 3 is 2.19 bits per heavy atom. The van der Waals surface area contributed by atoms with Gasteiger partial charge in [-0.05, 0) is 30.4 Å². The summed E-state index contributed by atoms with van der Waals surface area (Å²) in [5.41, 5.74) is 4.88. The van der Waals surface area contributed by atoms with E-state index in [1.54, 1.807) is 7.11 Å². The highest BCUT2D eigenvalue weighted by molar-refractivity contribution is 6.86. The number of hydrogen-bond donors (Lipinski definition) is 0. The minimum absolute atomic E-state index is 0.242. The molecule has 0 aromatic rings. The molecule has 2 nitrogen and oxygen atoms in total. The first-order valence-electron chi connectivity index (χ1n) is 8.25. The van der Waals surface area contributed by atoms with Crippen LogP contribution in [0.15, 0.2) is 16.7 Å². The van der Waals surface area contributed by atoms with Crippen molar-refractivity contribution in [3.8, 4) is 0 Å². The largest absolute Gasteiger partial charge is 0.469 e. The molecule has 0 N–H and O–H groups in total. The molecule has 0 heterocycles. The Labute approximate surface area is 133 Å². The van der Waals surface area contributed by atoms with Crippen molar-refractivity contribution in [1.29, 1.82) is 0 Å². The van der Waals surface area contributed by atoms with Gasteiger partial charge in [-0.3, -0.25) is 0 Å². The van der Waals surface area contributed by atoms with Crippen molar-refractivity contribution in [2.75, 3.05) is 13.9 Å². The molecule has 0 aliphatic carbocycles. The van der Waals surface area contributed by atoms with E-state index >= 15 is 0 Å². The van der Waals surface area contributed by atoms with Crippen LogP contribution in [0.1, 0.15) is 66.7 Å². The van der Waals surface area contributed by atoms with Crippen molar-refractivity contribution >= 4 is 8.07 Å². The van der Waals surface area contributed by atoms with Gasteiger partial charge in [0.1, 0.15) is 13.5 Å². The Kier molecular flexibility index (Phi) is 9.27. The molecule has 0 aliphatic heterocycles. The van der Waals surface area contributed by atoms with Crippen LogP contribution in [0.25, 0.3) is 0 Å². The van der Waals surface area contributed by atoms with Crippen molar-refractivity contribution in [3.63, 3.8) is 0 Å². The number of unbranched alkanes of at least 4 members (excludes halogenated alkanes) is 3. The van der Waals surface area contributed by atoms with Crippen molar-refractivity contribution in [2.45, 2.75) is 84.9 Å². The minimum Gasteiger partial charge on any atom is -0.469 e. The van der Waals surface area contributed by atoms with E-state index in [9.17, 15) is 0 Å². The maximum atomic E-state index is 5.90. The molecule has 124 valence electrons. The highest BCUT2D eigenvalue weighted by Gasteiger charge is 2.40. The van der Waals surface area contributed by atoms with Gasteiger partial charge < -0.3 is 9.47 Å². The van der Waals surface area contributed by atoms with Gasteiger partial charge in [-0.1, -0.05) is 65.8 Å². The summed E-state index contributed by atoms with van der Waals surface area (Å²) in [5.74, 6) is 0. The second-order valence-corrected chi connectivity index (χ2v) is 12.7. The second kappa shape index (κ2) is 9.50. The number of ether oxygens (including phenoxy) is 2. The minimum atomic E-state index is -1.71. The molecular weight excluding hydrogens is 276 g/mol. The molecule has 0 fully saturated rings. The summed E-state index contributed by atoms with van der Waals surface area (Å²) in [6.45, 7) is 16.4. The van der Waals surface area contributed by atoms with Crippen LogP contribution < -0.4 is 0 Å². The van der Waals surface area contributed by atoms with Crippen LogP contribution >= 0.6 is 0 Å². The molecule has 0 aromatic carbocycles. The van der Waals surface area contributed by atoms with Gasteiger partial charge in [0.05, 0.1) is 0 Å². The van der Waals surface area contributed by atoms with Gasteiger partial charge in [0.2, 0.25) is 0 Å². The molecule has 0 unspecified atom stereocenters. The molecule has 0 aliphatic rings. The third-order valence-electron chi connectivity index (χ3n) is 4.50. The molecule has 3 heteroatoms. The molecule has 0 rings (SSSR count). The Balaban J connectivity index is 5.15. The Bertz CT molecular complexity index is 358. The van der Waals surface area contributed by atoms with Crippen LogP contribution in [-0.4, -0.2) is 22.0 Å². The summed E-state index contributed by atoms with van der Waals surface area (Å²) in [5, 5.41) is 1.29. The smallest absolute Gasteiger partial charge is 0.188 e. The van der Waals surface area contributed by atoms with Crippen LogP contribution in [0, 0.1) is 0 Å². The molecule has 0 atom stereocenters. The molecule has 0 saturated carbocycles. The van der Waals surface area contributed by atoms with E-state index in [1.807, 2.05) is 0 Å². The average Bonchev–Trinajstić information content (AvgIpc) is 2.38. The average molecular weight is 313 g/mol. The lowest BCUT2D eigenvalue weighted by atomic mass is 10.1. The second-order valence-electron chi connectivity index (χ2n) is 7.47. The number of rotatable bonds is 9. The fourth-order valence-electron chi connectivity index (χ4n) is 1.90. The summed E-state index contributed by atoms with van der Waals surface area (Å²) in [7, 11) is -0.0350.